The van der Waals surface area contributed by atoms with Gasteiger partial charge in [0.15, 0.2) is 11.5 Å². The standard InChI is InChI=1S/C21H28N2O4S/c1-15(2)27-18-8-6-16(12-19(18)26-3)7-9-20(24)23-14-28-13-17(23)21(25)22-10-4-5-11-22/h6-9,12,15,17H,4-5,10-11,13-14H2,1-3H3/b9-7+/t17-/m0/s1. The van der Waals surface area contributed by atoms with E-state index in [2.05, 4.69) is 0 Å². The summed E-state index contributed by atoms with van der Waals surface area (Å²) in [5.74, 6) is 2.47. The van der Waals surface area contributed by atoms with Crippen LogP contribution in [-0.2, 0) is 9.59 Å². The normalized spacial score (nSPS) is 19.6. The van der Waals surface area contributed by atoms with E-state index in [-0.39, 0.29) is 24.0 Å². The van der Waals surface area contributed by atoms with Crippen molar-refractivity contribution in [2.75, 3.05) is 31.8 Å². The van der Waals surface area contributed by atoms with Crippen LogP contribution in [0.1, 0.15) is 32.3 Å². The molecule has 2 heterocycles. The van der Waals surface area contributed by atoms with Crippen LogP contribution in [0, 0.1) is 0 Å². The monoisotopic (exact) mass is 404 g/mol. The van der Waals surface area contributed by atoms with Crippen molar-refractivity contribution in [1.82, 2.24) is 9.80 Å². The van der Waals surface area contributed by atoms with Gasteiger partial charge in [-0.05, 0) is 50.5 Å². The van der Waals surface area contributed by atoms with Gasteiger partial charge in [0.25, 0.3) is 0 Å². The molecule has 0 aliphatic carbocycles. The van der Waals surface area contributed by atoms with Gasteiger partial charge < -0.3 is 19.3 Å². The highest BCUT2D eigenvalue weighted by molar-refractivity contribution is 7.99. The van der Waals surface area contributed by atoms with Gasteiger partial charge in [0, 0.05) is 24.9 Å². The van der Waals surface area contributed by atoms with Crippen molar-refractivity contribution in [3.8, 4) is 11.5 Å². The minimum Gasteiger partial charge on any atom is -0.493 e. The first-order chi connectivity index (χ1) is 13.5. The third kappa shape index (κ3) is 4.82. The molecule has 28 heavy (non-hydrogen) atoms. The molecule has 2 amide bonds. The first kappa shape index (κ1) is 20.6. The minimum absolute atomic E-state index is 0.0506. The SMILES string of the molecule is COc1cc(/C=C/C(=O)N2CSC[C@H]2C(=O)N2CCCC2)ccc1OC(C)C. The van der Waals surface area contributed by atoms with Gasteiger partial charge in [0.05, 0.1) is 19.1 Å². The van der Waals surface area contributed by atoms with Crippen molar-refractivity contribution in [3.63, 3.8) is 0 Å². The van der Waals surface area contributed by atoms with Crippen LogP contribution in [0.3, 0.4) is 0 Å². The molecule has 7 heteroatoms. The Morgan fingerprint density at radius 1 is 1.21 bits per heavy atom. The second-order valence-corrected chi connectivity index (χ2v) is 8.27. The second kappa shape index (κ2) is 9.37. The van der Waals surface area contributed by atoms with Gasteiger partial charge in [-0.2, -0.15) is 0 Å². The number of amides is 2. The van der Waals surface area contributed by atoms with Crippen LogP contribution in [0.5, 0.6) is 11.5 Å². The number of ether oxygens (including phenoxy) is 2. The average Bonchev–Trinajstić information content (AvgIpc) is 3.37. The van der Waals surface area contributed by atoms with Crippen LogP contribution in [0.15, 0.2) is 24.3 Å². The zero-order chi connectivity index (χ0) is 20.1. The summed E-state index contributed by atoms with van der Waals surface area (Å²) in [4.78, 5) is 29.0. The molecule has 0 saturated carbocycles. The molecule has 2 aliphatic rings. The Kier molecular flexibility index (Phi) is 6.88. The number of methoxy groups -OCH3 is 1. The third-order valence-corrected chi connectivity index (χ3v) is 5.85. The maximum absolute atomic E-state index is 12.7. The number of thioether (sulfide) groups is 1. The van der Waals surface area contributed by atoms with Crippen molar-refractivity contribution >= 4 is 29.7 Å². The van der Waals surface area contributed by atoms with Gasteiger partial charge in [-0.25, -0.2) is 0 Å². The molecule has 0 N–H and O–H groups in total. The first-order valence-corrected chi connectivity index (χ1v) is 10.8. The molecular formula is C21H28N2O4S. The van der Waals surface area contributed by atoms with Crippen LogP contribution in [0.2, 0.25) is 0 Å². The Morgan fingerprint density at radius 3 is 2.64 bits per heavy atom. The molecular weight excluding hydrogens is 376 g/mol. The number of hydrogen-bond donors (Lipinski definition) is 0. The smallest absolute Gasteiger partial charge is 0.247 e. The van der Waals surface area contributed by atoms with Crippen LogP contribution < -0.4 is 9.47 Å². The lowest BCUT2D eigenvalue weighted by molar-refractivity contribution is -0.140. The molecule has 6 nitrogen and oxygen atoms in total. The highest BCUT2D eigenvalue weighted by Gasteiger charge is 2.36. The zero-order valence-electron chi connectivity index (χ0n) is 16.7. The number of hydrogen-bond acceptors (Lipinski definition) is 5. The van der Waals surface area contributed by atoms with Gasteiger partial charge in [-0.3, -0.25) is 9.59 Å². The van der Waals surface area contributed by atoms with Gasteiger partial charge in [-0.15, -0.1) is 11.8 Å². The van der Waals surface area contributed by atoms with Crippen molar-refractivity contribution in [1.29, 1.82) is 0 Å². The average molecular weight is 405 g/mol. The summed E-state index contributed by atoms with van der Waals surface area (Å²) in [6, 6.07) is 5.22. The minimum atomic E-state index is -0.350. The molecule has 0 spiro atoms. The Hall–Kier alpha value is -2.15. The van der Waals surface area contributed by atoms with E-state index in [1.807, 2.05) is 36.9 Å². The van der Waals surface area contributed by atoms with Crippen LogP contribution >= 0.6 is 11.8 Å². The van der Waals surface area contributed by atoms with E-state index >= 15 is 0 Å². The molecule has 2 aliphatic heterocycles. The molecule has 1 aromatic carbocycles. The summed E-state index contributed by atoms with van der Waals surface area (Å²) >= 11 is 1.63. The molecule has 0 bridgehead atoms. The van der Waals surface area contributed by atoms with Gasteiger partial charge in [0.1, 0.15) is 6.04 Å². The van der Waals surface area contributed by atoms with E-state index in [1.54, 1.807) is 29.8 Å². The predicted molar refractivity (Wildman–Crippen MR) is 112 cm³/mol. The first-order valence-electron chi connectivity index (χ1n) is 9.69. The highest BCUT2D eigenvalue weighted by Crippen LogP contribution is 2.30. The molecule has 2 fully saturated rings. The number of likely N-dealkylation sites (tertiary alicyclic amines) is 1. The quantitative estimate of drug-likeness (QED) is 0.682. The Bertz CT molecular complexity index is 744. The van der Waals surface area contributed by atoms with Gasteiger partial charge in [0.2, 0.25) is 11.8 Å². The molecule has 152 valence electrons. The highest BCUT2D eigenvalue weighted by atomic mass is 32.2. The maximum atomic E-state index is 12.7. The van der Waals surface area contributed by atoms with Crippen LogP contribution in [0.4, 0.5) is 0 Å². The number of carbonyl (C=O) groups excluding carboxylic acids is 2. The summed E-state index contributed by atoms with van der Waals surface area (Å²) in [5.41, 5.74) is 0.843. The third-order valence-electron chi connectivity index (χ3n) is 4.84. The molecule has 0 aromatic heterocycles. The topological polar surface area (TPSA) is 59.1 Å². The molecule has 1 atom stereocenters. The number of benzene rings is 1. The lowest BCUT2D eigenvalue weighted by Gasteiger charge is -2.26. The summed E-state index contributed by atoms with van der Waals surface area (Å²) in [6.45, 7) is 5.53. The number of rotatable bonds is 6. The number of carbonyl (C=O) groups is 2. The Labute approximate surface area is 170 Å². The Morgan fingerprint density at radius 2 is 1.96 bits per heavy atom. The van der Waals surface area contributed by atoms with Crippen molar-refractivity contribution in [2.24, 2.45) is 0 Å². The van der Waals surface area contributed by atoms with E-state index in [4.69, 9.17) is 9.47 Å². The fourth-order valence-electron chi connectivity index (χ4n) is 3.42. The largest absolute Gasteiger partial charge is 0.493 e. The number of nitrogens with zero attached hydrogens (tertiary/aromatic N) is 2. The lowest BCUT2D eigenvalue weighted by atomic mass is 10.1. The fourth-order valence-corrected chi connectivity index (χ4v) is 4.57. The molecule has 2 saturated heterocycles. The van der Waals surface area contributed by atoms with E-state index < -0.39 is 0 Å². The molecule has 3 rings (SSSR count). The zero-order valence-corrected chi connectivity index (χ0v) is 17.5. The molecule has 1 aromatic rings. The van der Waals surface area contributed by atoms with E-state index in [0.29, 0.717) is 23.1 Å². The molecule has 0 unspecified atom stereocenters. The summed E-state index contributed by atoms with van der Waals surface area (Å²) in [7, 11) is 1.59. The molecule has 0 radical (unpaired) electrons. The fraction of sp³-hybridized carbons (Fsp3) is 0.524. The van der Waals surface area contributed by atoms with Crippen molar-refractivity contribution in [2.45, 2.75) is 38.8 Å². The van der Waals surface area contributed by atoms with Crippen molar-refractivity contribution in [3.05, 3.63) is 29.8 Å². The van der Waals surface area contributed by atoms with E-state index in [1.165, 1.54) is 6.08 Å². The Balaban J connectivity index is 1.67. The van der Waals surface area contributed by atoms with Gasteiger partial charge >= 0.3 is 0 Å². The van der Waals surface area contributed by atoms with E-state index in [0.717, 1.165) is 31.5 Å². The summed E-state index contributed by atoms with van der Waals surface area (Å²) in [6.07, 6.45) is 5.45. The van der Waals surface area contributed by atoms with Crippen molar-refractivity contribution < 1.29 is 19.1 Å². The summed E-state index contributed by atoms with van der Waals surface area (Å²) in [5, 5.41) is 0. The van der Waals surface area contributed by atoms with Crippen LogP contribution in [-0.4, -0.2) is 65.6 Å². The maximum Gasteiger partial charge on any atom is 0.247 e. The predicted octanol–water partition coefficient (Wildman–Crippen LogP) is 3.02. The summed E-state index contributed by atoms with van der Waals surface area (Å²) < 4.78 is 11.1. The second-order valence-electron chi connectivity index (χ2n) is 7.27. The lowest BCUT2D eigenvalue weighted by Crippen LogP contribution is -2.47. The van der Waals surface area contributed by atoms with Crippen LogP contribution in [0.25, 0.3) is 6.08 Å². The van der Waals surface area contributed by atoms with Gasteiger partial charge in [-0.1, -0.05) is 6.07 Å². The van der Waals surface area contributed by atoms with E-state index in [9.17, 15) is 9.59 Å².